The van der Waals surface area contributed by atoms with Gasteiger partial charge < -0.3 is 13.7 Å². The molecular formula is C42H25NO2S. The Morgan fingerprint density at radius 1 is 0.413 bits per heavy atom. The van der Waals surface area contributed by atoms with Gasteiger partial charge in [-0.15, -0.1) is 11.3 Å². The summed E-state index contributed by atoms with van der Waals surface area (Å²) >= 11 is 1.85. The fourth-order valence-corrected chi connectivity index (χ4v) is 8.18. The number of para-hydroxylation sites is 2. The molecule has 3 heterocycles. The molecule has 10 aromatic rings. The average Bonchev–Trinajstić information content (AvgIpc) is 3.80. The van der Waals surface area contributed by atoms with Gasteiger partial charge in [-0.05, 0) is 77.9 Å². The Hall–Kier alpha value is -5.84. The Kier molecular flexibility index (Phi) is 5.45. The molecule has 10 rings (SSSR count). The van der Waals surface area contributed by atoms with Crippen molar-refractivity contribution in [3.8, 4) is 11.1 Å². The van der Waals surface area contributed by atoms with Gasteiger partial charge in [0.15, 0.2) is 0 Å². The standard InChI is InChI=1S/C42H25NO2S/c1-2-9-28(10-3-1)43(34-14-8-13-31-30-11-5-7-16-39(30)46-42(31)34)29-20-17-26(18-21-29)27-19-22-33-38(25-27)45-37-24-23-36-40(41(33)37)32-12-4-6-15-35(32)44-36/h1-25H. The number of thiophene rings is 1. The van der Waals surface area contributed by atoms with Crippen LogP contribution in [-0.2, 0) is 0 Å². The van der Waals surface area contributed by atoms with Gasteiger partial charge in [0.25, 0.3) is 0 Å². The van der Waals surface area contributed by atoms with Crippen molar-refractivity contribution in [2.45, 2.75) is 0 Å². The van der Waals surface area contributed by atoms with Crippen LogP contribution in [0.25, 0.3) is 75.2 Å². The van der Waals surface area contributed by atoms with Gasteiger partial charge in [-0.3, -0.25) is 0 Å². The van der Waals surface area contributed by atoms with Crippen LogP contribution in [0.5, 0.6) is 0 Å². The van der Waals surface area contributed by atoms with Gasteiger partial charge >= 0.3 is 0 Å². The summed E-state index contributed by atoms with van der Waals surface area (Å²) in [5.41, 5.74) is 9.18. The topological polar surface area (TPSA) is 29.5 Å². The van der Waals surface area contributed by atoms with Gasteiger partial charge in [0.2, 0.25) is 0 Å². The maximum absolute atomic E-state index is 6.44. The molecule has 0 unspecified atom stereocenters. The number of fused-ring (bicyclic) bond motifs is 10. The monoisotopic (exact) mass is 607 g/mol. The number of furan rings is 2. The first-order valence-electron chi connectivity index (χ1n) is 15.4. The van der Waals surface area contributed by atoms with Crippen molar-refractivity contribution in [3.05, 3.63) is 152 Å². The van der Waals surface area contributed by atoms with E-state index in [0.717, 1.165) is 66.4 Å². The maximum Gasteiger partial charge on any atom is 0.136 e. The average molecular weight is 608 g/mol. The summed E-state index contributed by atoms with van der Waals surface area (Å²) in [5.74, 6) is 0. The molecule has 0 spiro atoms. The molecule has 0 saturated heterocycles. The van der Waals surface area contributed by atoms with E-state index >= 15 is 0 Å². The third-order valence-corrected chi connectivity index (χ3v) is 10.3. The van der Waals surface area contributed by atoms with Gasteiger partial charge in [-0.2, -0.15) is 0 Å². The van der Waals surface area contributed by atoms with E-state index in [2.05, 4.69) is 132 Å². The summed E-state index contributed by atoms with van der Waals surface area (Å²) < 4.78 is 15.2. The lowest BCUT2D eigenvalue weighted by Gasteiger charge is -2.26. The molecule has 7 aromatic carbocycles. The lowest BCUT2D eigenvalue weighted by Crippen LogP contribution is -2.09. The molecule has 46 heavy (non-hydrogen) atoms. The fourth-order valence-electron chi connectivity index (χ4n) is 6.98. The molecule has 4 heteroatoms. The van der Waals surface area contributed by atoms with Crippen LogP contribution >= 0.6 is 11.3 Å². The van der Waals surface area contributed by atoms with Crippen molar-refractivity contribution in [1.82, 2.24) is 0 Å². The van der Waals surface area contributed by atoms with Crippen LogP contribution in [0.4, 0.5) is 17.1 Å². The minimum Gasteiger partial charge on any atom is -0.456 e. The summed E-state index contributed by atoms with van der Waals surface area (Å²) in [7, 11) is 0. The first-order chi connectivity index (χ1) is 22.8. The second kappa shape index (κ2) is 9.83. The molecule has 0 aliphatic rings. The summed E-state index contributed by atoms with van der Waals surface area (Å²) in [4.78, 5) is 2.37. The van der Waals surface area contributed by atoms with Crippen LogP contribution in [0.3, 0.4) is 0 Å². The zero-order valence-corrected chi connectivity index (χ0v) is 25.4. The first-order valence-corrected chi connectivity index (χ1v) is 16.2. The van der Waals surface area contributed by atoms with E-state index in [0.29, 0.717) is 0 Å². The third-order valence-electron chi connectivity index (χ3n) is 9.07. The lowest BCUT2D eigenvalue weighted by atomic mass is 10.0. The molecule has 3 nitrogen and oxygen atoms in total. The van der Waals surface area contributed by atoms with Gasteiger partial charge in [0.05, 0.1) is 10.4 Å². The van der Waals surface area contributed by atoms with Crippen molar-refractivity contribution in [2.24, 2.45) is 0 Å². The van der Waals surface area contributed by atoms with Gasteiger partial charge in [0, 0.05) is 48.4 Å². The Labute approximate surface area is 268 Å². The predicted octanol–water partition coefficient (Wildman–Crippen LogP) is 13.0. The van der Waals surface area contributed by atoms with E-state index in [4.69, 9.17) is 8.83 Å². The van der Waals surface area contributed by atoms with E-state index in [-0.39, 0.29) is 0 Å². The molecule has 0 fully saturated rings. The second-order valence-corrected chi connectivity index (χ2v) is 12.7. The smallest absolute Gasteiger partial charge is 0.136 e. The van der Waals surface area contributed by atoms with E-state index in [1.165, 1.54) is 25.9 Å². The van der Waals surface area contributed by atoms with Crippen LogP contribution in [0.1, 0.15) is 0 Å². The van der Waals surface area contributed by atoms with Crippen molar-refractivity contribution < 1.29 is 8.83 Å². The Morgan fingerprint density at radius 3 is 1.87 bits per heavy atom. The maximum atomic E-state index is 6.44. The fraction of sp³-hybridized carbons (Fsp3) is 0. The van der Waals surface area contributed by atoms with E-state index in [1.54, 1.807) is 0 Å². The lowest BCUT2D eigenvalue weighted by molar-refractivity contribution is 0.663. The van der Waals surface area contributed by atoms with Crippen molar-refractivity contribution in [1.29, 1.82) is 0 Å². The highest BCUT2D eigenvalue weighted by molar-refractivity contribution is 7.26. The van der Waals surface area contributed by atoms with E-state index in [1.807, 2.05) is 35.6 Å². The van der Waals surface area contributed by atoms with E-state index < -0.39 is 0 Å². The number of hydrogen-bond acceptors (Lipinski definition) is 4. The first kappa shape index (κ1) is 25.5. The summed E-state index contributed by atoms with van der Waals surface area (Å²) in [6.07, 6.45) is 0. The molecule has 0 amide bonds. The van der Waals surface area contributed by atoms with Crippen LogP contribution in [-0.4, -0.2) is 0 Å². The molecule has 0 aliphatic carbocycles. The normalized spacial score (nSPS) is 11.9. The van der Waals surface area contributed by atoms with Crippen LogP contribution in [0, 0.1) is 0 Å². The van der Waals surface area contributed by atoms with Crippen molar-refractivity contribution in [3.63, 3.8) is 0 Å². The molecular weight excluding hydrogens is 583 g/mol. The molecule has 0 atom stereocenters. The largest absolute Gasteiger partial charge is 0.456 e. The molecule has 0 saturated carbocycles. The number of hydrogen-bond donors (Lipinski definition) is 0. The summed E-state index contributed by atoms with van der Waals surface area (Å²) in [6.45, 7) is 0. The molecule has 216 valence electrons. The molecule has 0 aliphatic heterocycles. The van der Waals surface area contributed by atoms with Gasteiger partial charge in [0.1, 0.15) is 22.3 Å². The molecule has 0 bridgehead atoms. The Bertz CT molecular complexity index is 2750. The Morgan fingerprint density at radius 2 is 1.04 bits per heavy atom. The highest BCUT2D eigenvalue weighted by Gasteiger charge is 2.19. The van der Waals surface area contributed by atoms with Gasteiger partial charge in [-0.25, -0.2) is 0 Å². The summed E-state index contributed by atoms with van der Waals surface area (Å²) in [6, 6.07) is 53.6. The highest BCUT2D eigenvalue weighted by Crippen LogP contribution is 2.45. The number of rotatable bonds is 4. The minimum atomic E-state index is 0.871. The predicted molar refractivity (Wildman–Crippen MR) is 194 cm³/mol. The van der Waals surface area contributed by atoms with Crippen molar-refractivity contribution >= 4 is 92.4 Å². The van der Waals surface area contributed by atoms with E-state index in [9.17, 15) is 0 Å². The Balaban J connectivity index is 1.09. The molecule has 0 N–H and O–H groups in total. The zero-order valence-electron chi connectivity index (χ0n) is 24.6. The van der Waals surface area contributed by atoms with Crippen LogP contribution < -0.4 is 4.90 Å². The zero-order chi connectivity index (χ0) is 30.2. The SMILES string of the molecule is c1ccc(N(c2ccc(-c3ccc4c(c3)oc3ccc5oc6ccccc6c5c34)cc2)c2cccc3c2sc2ccccc23)cc1. The van der Waals surface area contributed by atoms with Crippen LogP contribution in [0.2, 0.25) is 0 Å². The number of benzene rings is 7. The third kappa shape index (κ3) is 3.77. The summed E-state index contributed by atoms with van der Waals surface area (Å²) in [5, 5.41) is 7.01. The number of nitrogens with zero attached hydrogens (tertiary/aromatic N) is 1. The molecule has 0 radical (unpaired) electrons. The second-order valence-electron chi connectivity index (χ2n) is 11.7. The molecule has 3 aromatic heterocycles. The number of anilines is 3. The van der Waals surface area contributed by atoms with Gasteiger partial charge in [-0.1, -0.05) is 84.9 Å². The highest BCUT2D eigenvalue weighted by atomic mass is 32.1. The quantitative estimate of drug-likeness (QED) is 0.199. The van der Waals surface area contributed by atoms with Crippen molar-refractivity contribution in [2.75, 3.05) is 4.90 Å². The minimum absolute atomic E-state index is 0.871. The van der Waals surface area contributed by atoms with Crippen LogP contribution in [0.15, 0.2) is 160 Å².